The normalized spacial score (nSPS) is 39.2. The Balaban J connectivity index is 1.59. The third-order valence-corrected chi connectivity index (χ3v) is 5.40. The van der Waals surface area contributed by atoms with Crippen LogP contribution in [0.5, 0.6) is 0 Å². The summed E-state index contributed by atoms with van der Waals surface area (Å²) >= 11 is 0. The summed E-state index contributed by atoms with van der Waals surface area (Å²) in [6, 6.07) is 0. The van der Waals surface area contributed by atoms with Crippen molar-refractivity contribution in [2.45, 2.75) is 49.6 Å². The van der Waals surface area contributed by atoms with E-state index in [1.165, 1.54) is 45.6 Å². The SMILES string of the molecule is COC(=O)N1CC2(CNC3(CC3)C2)CC12CC2. The van der Waals surface area contributed by atoms with Crippen molar-refractivity contribution in [1.82, 2.24) is 10.2 Å². The zero-order valence-corrected chi connectivity index (χ0v) is 10.4. The number of likely N-dealkylation sites (tertiary alicyclic amines) is 1. The van der Waals surface area contributed by atoms with E-state index in [0.29, 0.717) is 11.0 Å². The number of methoxy groups -OCH3 is 1. The van der Waals surface area contributed by atoms with Crippen molar-refractivity contribution in [2.75, 3.05) is 20.2 Å². The van der Waals surface area contributed by atoms with Crippen LogP contribution in [0.2, 0.25) is 0 Å². The van der Waals surface area contributed by atoms with E-state index in [4.69, 9.17) is 4.74 Å². The van der Waals surface area contributed by atoms with Crippen molar-refractivity contribution in [3.63, 3.8) is 0 Å². The van der Waals surface area contributed by atoms with E-state index in [1.54, 1.807) is 0 Å². The van der Waals surface area contributed by atoms with Crippen molar-refractivity contribution in [3.8, 4) is 0 Å². The molecule has 2 aliphatic carbocycles. The van der Waals surface area contributed by atoms with Gasteiger partial charge < -0.3 is 15.0 Å². The Morgan fingerprint density at radius 1 is 1.24 bits per heavy atom. The molecule has 2 saturated heterocycles. The molecule has 2 heterocycles. The van der Waals surface area contributed by atoms with Gasteiger partial charge in [0.25, 0.3) is 0 Å². The molecule has 3 spiro atoms. The van der Waals surface area contributed by atoms with E-state index in [2.05, 4.69) is 5.32 Å². The standard InChI is InChI=1S/C13H20N2O2/c1-17-10(16)15-9-11(7-13(15)4-5-13)6-12(2-3-12)14-8-11/h14H,2-9H2,1H3. The molecule has 0 aromatic carbocycles. The molecular weight excluding hydrogens is 216 g/mol. The first-order chi connectivity index (χ1) is 8.11. The Bertz CT molecular complexity index is 387. The molecule has 0 aromatic rings. The Morgan fingerprint density at radius 3 is 2.53 bits per heavy atom. The van der Waals surface area contributed by atoms with Gasteiger partial charge in [0.1, 0.15) is 0 Å². The van der Waals surface area contributed by atoms with E-state index < -0.39 is 0 Å². The Morgan fingerprint density at radius 2 is 2.00 bits per heavy atom. The Labute approximate surface area is 102 Å². The lowest BCUT2D eigenvalue weighted by molar-refractivity contribution is 0.111. The van der Waals surface area contributed by atoms with Gasteiger partial charge in [-0.15, -0.1) is 0 Å². The average molecular weight is 236 g/mol. The fraction of sp³-hybridized carbons (Fsp3) is 0.923. The zero-order valence-electron chi connectivity index (χ0n) is 10.4. The topological polar surface area (TPSA) is 41.6 Å². The lowest BCUT2D eigenvalue weighted by atomic mass is 9.82. The number of carbonyl (C=O) groups excluding carboxylic acids is 1. The molecule has 94 valence electrons. The van der Waals surface area contributed by atoms with E-state index in [-0.39, 0.29) is 11.6 Å². The highest BCUT2D eigenvalue weighted by atomic mass is 16.5. The van der Waals surface area contributed by atoms with Crippen LogP contribution in [0, 0.1) is 5.41 Å². The van der Waals surface area contributed by atoms with Crippen LogP contribution >= 0.6 is 0 Å². The summed E-state index contributed by atoms with van der Waals surface area (Å²) in [6.07, 6.45) is 7.38. The number of hydrogen-bond acceptors (Lipinski definition) is 3. The second-order valence-corrected chi connectivity index (χ2v) is 6.77. The summed E-state index contributed by atoms with van der Waals surface area (Å²) in [7, 11) is 1.50. The molecule has 0 radical (unpaired) electrons. The molecule has 4 fully saturated rings. The maximum Gasteiger partial charge on any atom is 0.409 e. The number of nitrogens with zero attached hydrogens (tertiary/aromatic N) is 1. The minimum Gasteiger partial charge on any atom is -0.453 e. The number of rotatable bonds is 0. The van der Waals surface area contributed by atoms with Gasteiger partial charge in [0.05, 0.1) is 7.11 Å². The predicted octanol–water partition coefficient (Wildman–Crippen LogP) is 1.50. The monoisotopic (exact) mass is 236 g/mol. The van der Waals surface area contributed by atoms with E-state index in [1.807, 2.05) is 4.90 Å². The number of hydrogen-bond donors (Lipinski definition) is 1. The van der Waals surface area contributed by atoms with Crippen molar-refractivity contribution in [3.05, 3.63) is 0 Å². The van der Waals surface area contributed by atoms with Gasteiger partial charge in [0.15, 0.2) is 0 Å². The van der Waals surface area contributed by atoms with Gasteiger partial charge >= 0.3 is 6.09 Å². The third kappa shape index (κ3) is 1.30. The lowest BCUT2D eigenvalue weighted by Gasteiger charge is -2.23. The minimum absolute atomic E-state index is 0.115. The molecule has 4 nitrogen and oxygen atoms in total. The van der Waals surface area contributed by atoms with Crippen molar-refractivity contribution in [1.29, 1.82) is 0 Å². The fourth-order valence-electron chi connectivity index (χ4n) is 4.27. The summed E-state index contributed by atoms with van der Waals surface area (Å²) in [5, 5.41) is 3.70. The number of carbonyl (C=O) groups is 1. The molecule has 1 amide bonds. The fourth-order valence-corrected chi connectivity index (χ4v) is 4.27. The largest absolute Gasteiger partial charge is 0.453 e. The Kier molecular flexibility index (Phi) is 1.67. The quantitative estimate of drug-likeness (QED) is 0.693. The van der Waals surface area contributed by atoms with Crippen LogP contribution in [0.1, 0.15) is 38.5 Å². The van der Waals surface area contributed by atoms with Gasteiger partial charge in [-0.1, -0.05) is 0 Å². The molecule has 4 heteroatoms. The molecule has 17 heavy (non-hydrogen) atoms. The first-order valence-electron chi connectivity index (χ1n) is 6.72. The van der Waals surface area contributed by atoms with Crippen LogP contribution < -0.4 is 5.32 Å². The van der Waals surface area contributed by atoms with Crippen LogP contribution in [0.3, 0.4) is 0 Å². The molecule has 1 N–H and O–H groups in total. The highest BCUT2D eigenvalue weighted by Gasteiger charge is 2.66. The maximum absolute atomic E-state index is 11.9. The maximum atomic E-state index is 11.9. The lowest BCUT2D eigenvalue weighted by Crippen LogP contribution is -2.38. The van der Waals surface area contributed by atoms with Gasteiger partial charge in [-0.2, -0.15) is 0 Å². The van der Waals surface area contributed by atoms with Gasteiger partial charge in [-0.05, 0) is 38.5 Å². The predicted molar refractivity (Wildman–Crippen MR) is 62.7 cm³/mol. The van der Waals surface area contributed by atoms with E-state index in [9.17, 15) is 4.79 Å². The van der Waals surface area contributed by atoms with Crippen LogP contribution in [-0.2, 0) is 4.74 Å². The van der Waals surface area contributed by atoms with Gasteiger partial charge in [-0.25, -0.2) is 4.79 Å². The summed E-state index contributed by atoms with van der Waals surface area (Å²) in [5.41, 5.74) is 0.985. The highest BCUT2D eigenvalue weighted by Crippen LogP contribution is 2.62. The van der Waals surface area contributed by atoms with Crippen LogP contribution in [0.15, 0.2) is 0 Å². The highest BCUT2D eigenvalue weighted by molar-refractivity contribution is 5.70. The molecule has 0 bridgehead atoms. The molecule has 0 aromatic heterocycles. The van der Waals surface area contributed by atoms with Gasteiger partial charge in [-0.3, -0.25) is 0 Å². The number of amides is 1. The summed E-state index contributed by atoms with van der Waals surface area (Å²) in [5.74, 6) is 0. The average Bonchev–Trinajstić information content (AvgIpc) is 3.16. The molecule has 1 unspecified atom stereocenters. The molecule has 2 saturated carbocycles. The molecule has 4 rings (SSSR count). The van der Waals surface area contributed by atoms with Crippen LogP contribution in [-0.4, -0.2) is 42.3 Å². The number of nitrogens with one attached hydrogen (secondary N) is 1. The van der Waals surface area contributed by atoms with Crippen molar-refractivity contribution >= 4 is 6.09 Å². The first-order valence-corrected chi connectivity index (χ1v) is 6.72. The zero-order chi connectivity index (χ0) is 11.7. The second-order valence-electron chi connectivity index (χ2n) is 6.77. The summed E-state index contributed by atoms with van der Waals surface area (Å²) < 4.78 is 4.95. The molecule has 4 aliphatic rings. The van der Waals surface area contributed by atoms with Crippen molar-refractivity contribution < 1.29 is 9.53 Å². The number of ether oxygens (including phenoxy) is 1. The van der Waals surface area contributed by atoms with Gasteiger partial charge in [0.2, 0.25) is 0 Å². The van der Waals surface area contributed by atoms with E-state index in [0.717, 1.165) is 13.1 Å². The van der Waals surface area contributed by atoms with Crippen LogP contribution in [0.4, 0.5) is 4.79 Å². The van der Waals surface area contributed by atoms with Crippen LogP contribution in [0.25, 0.3) is 0 Å². The third-order valence-electron chi connectivity index (χ3n) is 5.40. The van der Waals surface area contributed by atoms with Crippen molar-refractivity contribution in [2.24, 2.45) is 5.41 Å². The summed E-state index contributed by atoms with van der Waals surface area (Å²) in [4.78, 5) is 13.9. The smallest absolute Gasteiger partial charge is 0.409 e. The first kappa shape index (κ1) is 10.2. The second kappa shape index (κ2) is 2.79. The molecule has 1 atom stereocenters. The Hall–Kier alpha value is -0.770. The van der Waals surface area contributed by atoms with E-state index >= 15 is 0 Å². The summed E-state index contributed by atoms with van der Waals surface area (Å²) in [6.45, 7) is 2.01. The minimum atomic E-state index is -0.115. The molecular formula is C13H20N2O2. The van der Waals surface area contributed by atoms with Gasteiger partial charge in [0, 0.05) is 29.6 Å². The molecule has 2 aliphatic heterocycles.